The Hall–Kier alpha value is -2.23. The first-order chi connectivity index (χ1) is 14.9. The molecule has 0 N–H and O–H groups in total. The summed E-state index contributed by atoms with van der Waals surface area (Å²) in [7, 11) is -1.79. The fraction of sp³-hybridized carbons (Fsp3) is 0.545. The van der Waals surface area contributed by atoms with E-state index in [1.807, 2.05) is 25.3 Å². The number of nitrogens with zero attached hydrogens (tertiary/aromatic N) is 5. The van der Waals surface area contributed by atoms with Crippen LogP contribution in [0.1, 0.15) is 48.0 Å². The van der Waals surface area contributed by atoms with Gasteiger partial charge in [-0.15, -0.1) is 0 Å². The van der Waals surface area contributed by atoms with Crippen LogP contribution < -0.4 is 0 Å². The topological polar surface area (TPSA) is 78.8 Å². The molecule has 2 aliphatic rings. The van der Waals surface area contributed by atoms with Gasteiger partial charge in [0.1, 0.15) is 0 Å². The smallest absolute Gasteiger partial charge is 0.282 e. The summed E-state index contributed by atoms with van der Waals surface area (Å²) in [5.41, 5.74) is 2.57. The monoisotopic (exact) mass is 445 g/mol. The Bertz CT molecular complexity index is 1000. The van der Waals surface area contributed by atoms with Gasteiger partial charge in [0.15, 0.2) is 0 Å². The van der Waals surface area contributed by atoms with E-state index in [-0.39, 0.29) is 11.9 Å². The van der Waals surface area contributed by atoms with E-state index < -0.39 is 10.2 Å². The molecule has 4 rings (SSSR count). The summed E-state index contributed by atoms with van der Waals surface area (Å²) in [6.45, 7) is 3.44. The second-order valence-corrected chi connectivity index (χ2v) is 10.5. The number of hydrogen-bond acceptors (Lipinski definition) is 4. The average molecular weight is 446 g/mol. The highest BCUT2D eigenvalue weighted by molar-refractivity contribution is 7.86. The van der Waals surface area contributed by atoms with Crippen LogP contribution in [0.2, 0.25) is 0 Å². The van der Waals surface area contributed by atoms with Gasteiger partial charge in [0, 0.05) is 51.0 Å². The van der Waals surface area contributed by atoms with Gasteiger partial charge in [-0.1, -0.05) is 19.3 Å². The van der Waals surface area contributed by atoms with Crippen LogP contribution in [0.5, 0.6) is 0 Å². The molecule has 0 bridgehead atoms. The fourth-order valence-electron chi connectivity index (χ4n) is 4.43. The van der Waals surface area contributed by atoms with Gasteiger partial charge in [-0.3, -0.25) is 4.79 Å². The normalized spacial score (nSPS) is 19.1. The van der Waals surface area contributed by atoms with Crippen molar-refractivity contribution in [2.75, 3.05) is 33.2 Å². The first-order valence-corrected chi connectivity index (χ1v) is 12.4. The molecule has 31 heavy (non-hydrogen) atoms. The van der Waals surface area contributed by atoms with Crippen LogP contribution in [0.3, 0.4) is 0 Å². The number of hydrogen-bond donors (Lipinski definition) is 0. The lowest BCUT2D eigenvalue weighted by atomic mass is 9.96. The molecular formula is C22H31N5O3S. The molecule has 168 valence electrons. The molecule has 1 amide bonds. The van der Waals surface area contributed by atoms with Gasteiger partial charge in [-0.05, 0) is 49.6 Å². The number of rotatable bonds is 5. The molecule has 2 aromatic rings. The lowest BCUT2D eigenvalue weighted by Crippen LogP contribution is -2.55. The highest BCUT2D eigenvalue weighted by Crippen LogP contribution is 2.25. The molecule has 0 atom stereocenters. The SMILES string of the molecule is Cc1cnn(-c2ccc(C(=O)N3CCN(S(=O)(=O)N(C)C4CCCCC4)CC3)cc2)c1. The Labute approximate surface area is 184 Å². The summed E-state index contributed by atoms with van der Waals surface area (Å²) in [6, 6.07) is 7.44. The zero-order valence-electron chi connectivity index (χ0n) is 18.3. The maximum atomic E-state index is 13.0. The molecule has 0 radical (unpaired) electrons. The minimum atomic E-state index is -3.49. The van der Waals surface area contributed by atoms with Crippen molar-refractivity contribution in [3.05, 3.63) is 47.8 Å². The van der Waals surface area contributed by atoms with E-state index in [1.54, 1.807) is 39.3 Å². The van der Waals surface area contributed by atoms with Gasteiger partial charge in [0.25, 0.3) is 16.1 Å². The lowest BCUT2D eigenvalue weighted by molar-refractivity contribution is 0.0693. The Morgan fingerprint density at radius 1 is 1.03 bits per heavy atom. The number of carbonyl (C=O) groups excluding carboxylic acids is 1. The Kier molecular flexibility index (Phi) is 6.45. The number of benzene rings is 1. The molecule has 1 aliphatic carbocycles. The second kappa shape index (κ2) is 9.10. The van der Waals surface area contributed by atoms with Gasteiger partial charge in [-0.25, -0.2) is 4.68 Å². The molecule has 1 aliphatic heterocycles. The van der Waals surface area contributed by atoms with Crippen LogP contribution >= 0.6 is 0 Å². The van der Waals surface area contributed by atoms with E-state index in [0.717, 1.165) is 36.9 Å². The predicted molar refractivity (Wildman–Crippen MR) is 119 cm³/mol. The van der Waals surface area contributed by atoms with E-state index in [9.17, 15) is 13.2 Å². The van der Waals surface area contributed by atoms with Crippen molar-refractivity contribution in [1.29, 1.82) is 0 Å². The molecule has 8 nitrogen and oxygen atoms in total. The molecule has 0 spiro atoms. The van der Waals surface area contributed by atoms with Crippen LogP contribution in [0.25, 0.3) is 5.69 Å². The number of carbonyl (C=O) groups is 1. The summed E-state index contributed by atoms with van der Waals surface area (Å²) in [5.74, 6) is -0.0686. The molecule has 1 saturated carbocycles. The Balaban J connectivity index is 1.36. The van der Waals surface area contributed by atoms with E-state index >= 15 is 0 Å². The van der Waals surface area contributed by atoms with E-state index in [4.69, 9.17) is 0 Å². The highest BCUT2D eigenvalue weighted by atomic mass is 32.2. The molecule has 9 heteroatoms. The van der Waals surface area contributed by atoms with Gasteiger partial charge >= 0.3 is 0 Å². The molecule has 0 unspecified atom stereocenters. The second-order valence-electron chi connectivity index (χ2n) is 8.52. The van der Waals surface area contributed by atoms with Crippen molar-refractivity contribution in [2.24, 2.45) is 0 Å². The van der Waals surface area contributed by atoms with Crippen molar-refractivity contribution in [1.82, 2.24) is 23.3 Å². The predicted octanol–water partition coefficient (Wildman–Crippen LogP) is 2.45. The standard InChI is InChI=1S/C22H31N5O3S/c1-18-16-23-27(17-18)21-10-8-19(9-11-21)22(28)25-12-14-26(15-13-25)31(29,30)24(2)20-6-4-3-5-7-20/h8-11,16-17,20H,3-7,12-15H2,1-2H3. The van der Waals surface area contributed by atoms with Gasteiger partial charge in [0.05, 0.1) is 11.9 Å². The molecule has 1 aromatic carbocycles. The average Bonchev–Trinajstić information content (AvgIpc) is 3.25. The number of aromatic nitrogens is 2. The largest absolute Gasteiger partial charge is 0.336 e. The van der Waals surface area contributed by atoms with Crippen LogP contribution in [-0.2, 0) is 10.2 Å². The molecule has 1 aromatic heterocycles. The minimum Gasteiger partial charge on any atom is -0.336 e. The first kappa shape index (κ1) is 22.0. The number of amides is 1. The Morgan fingerprint density at radius 2 is 1.68 bits per heavy atom. The highest BCUT2D eigenvalue weighted by Gasteiger charge is 2.35. The van der Waals surface area contributed by atoms with Crippen LogP contribution in [-0.4, -0.2) is 76.9 Å². The van der Waals surface area contributed by atoms with Gasteiger partial charge < -0.3 is 4.90 Å². The third kappa shape index (κ3) is 4.68. The molecular weight excluding hydrogens is 414 g/mol. The van der Waals surface area contributed by atoms with Crippen molar-refractivity contribution in [3.8, 4) is 5.69 Å². The third-order valence-electron chi connectivity index (χ3n) is 6.40. The maximum Gasteiger partial charge on any atom is 0.282 e. The van der Waals surface area contributed by atoms with E-state index in [2.05, 4.69) is 5.10 Å². The minimum absolute atomic E-state index is 0.0686. The van der Waals surface area contributed by atoms with Gasteiger partial charge in [0.2, 0.25) is 0 Å². The van der Waals surface area contributed by atoms with Crippen LogP contribution in [0.4, 0.5) is 0 Å². The number of aryl methyl sites for hydroxylation is 1. The molecule has 2 fully saturated rings. The van der Waals surface area contributed by atoms with Crippen molar-refractivity contribution in [2.45, 2.75) is 45.1 Å². The summed E-state index contributed by atoms with van der Waals surface area (Å²) in [6.07, 6.45) is 8.95. The van der Waals surface area contributed by atoms with Crippen molar-refractivity contribution < 1.29 is 13.2 Å². The Morgan fingerprint density at radius 3 is 2.26 bits per heavy atom. The lowest BCUT2D eigenvalue weighted by Gasteiger charge is -2.38. The van der Waals surface area contributed by atoms with E-state index in [0.29, 0.717) is 31.7 Å². The van der Waals surface area contributed by atoms with Crippen molar-refractivity contribution in [3.63, 3.8) is 0 Å². The zero-order valence-corrected chi connectivity index (χ0v) is 19.1. The number of piperazine rings is 1. The van der Waals surface area contributed by atoms with Gasteiger partial charge in [-0.2, -0.15) is 22.1 Å². The fourth-order valence-corrected chi connectivity index (χ4v) is 6.01. The summed E-state index contributed by atoms with van der Waals surface area (Å²) in [4.78, 5) is 14.7. The van der Waals surface area contributed by atoms with E-state index in [1.165, 1.54) is 10.7 Å². The quantitative estimate of drug-likeness (QED) is 0.708. The summed E-state index contributed by atoms with van der Waals surface area (Å²) < 4.78 is 30.9. The summed E-state index contributed by atoms with van der Waals surface area (Å²) >= 11 is 0. The van der Waals surface area contributed by atoms with Crippen LogP contribution in [0.15, 0.2) is 36.7 Å². The van der Waals surface area contributed by atoms with Crippen molar-refractivity contribution >= 4 is 16.1 Å². The third-order valence-corrected chi connectivity index (χ3v) is 8.44. The first-order valence-electron chi connectivity index (χ1n) is 11.0. The van der Waals surface area contributed by atoms with Crippen LogP contribution in [0, 0.1) is 6.92 Å². The molecule has 1 saturated heterocycles. The molecule has 2 heterocycles. The maximum absolute atomic E-state index is 13.0. The summed E-state index contributed by atoms with van der Waals surface area (Å²) in [5, 5.41) is 4.28. The zero-order chi connectivity index (χ0) is 22.0.